The largest absolute Gasteiger partial charge is 0.491 e. The van der Waals surface area contributed by atoms with Crippen LogP contribution in [0.5, 0.6) is 5.75 Å². The predicted molar refractivity (Wildman–Crippen MR) is 91.9 cm³/mol. The van der Waals surface area contributed by atoms with Crippen LogP contribution in [0.15, 0.2) is 22.7 Å². The van der Waals surface area contributed by atoms with Crippen LogP contribution < -0.4 is 10.1 Å². The van der Waals surface area contributed by atoms with Crippen LogP contribution in [-0.2, 0) is 6.54 Å². The molecular weight excluding hydrogens is 328 g/mol. The van der Waals surface area contributed by atoms with E-state index in [9.17, 15) is 0 Å². The summed E-state index contributed by atoms with van der Waals surface area (Å²) in [6.45, 7) is 9.40. The van der Waals surface area contributed by atoms with Crippen LogP contribution >= 0.6 is 15.9 Å². The van der Waals surface area contributed by atoms with Gasteiger partial charge in [0.05, 0.1) is 4.47 Å². The van der Waals surface area contributed by atoms with Gasteiger partial charge in [0.1, 0.15) is 12.4 Å². The number of ether oxygens (including phenoxy) is 1. The number of para-hydroxylation sites is 1. The summed E-state index contributed by atoms with van der Waals surface area (Å²) in [4.78, 5) is 2.51. The molecule has 1 aromatic carbocycles. The molecule has 0 unspecified atom stereocenters. The lowest BCUT2D eigenvalue weighted by molar-refractivity contribution is 0.182. The van der Waals surface area contributed by atoms with Crippen molar-refractivity contribution in [2.24, 2.45) is 0 Å². The third-order valence-corrected chi connectivity index (χ3v) is 4.48. The van der Waals surface area contributed by atoms with Crippen LogP contribution in [0.25, 0.3) is 0 Å². The molecule has 1 aliphatic rings. The minimum Gasteiger partial charge on any atom is -0.491 e. The summed E-state index contributed by atoms with van der Waals surface area (Å²) >= 11 is 3.61. The van der Waals surface area contributed by atoms with E-state index in [1.54, 1.807) is 0 Å². The van der Waals surface area contributed by atoms with Gasteiger partial charge < -0.3 is 10.1 Å². The highest BCUT2D eigenvalue weighted by Crippen LogP contribution is 2.29. The number of hydrogen-bond acceptors (Lipinski definition) is 3. The second kappa shape index (κ2) is 8.76. The summed E-state index contributed by atoms with van der Waals surface area (Å²) in [7, 11) is 0. The van der Waals surface area contributed by atoms with Crippen molar-refractivity contribution in [3.63, 3.8) is 0 Å². The van der Waals surface area contributed by atoms with Crippen molar-refractivity contribution in [2.45, 2.75) is 45.7 Å². The lowest BCUT2D eigenvalue weighted by Gasteiger charge is -2.26. The van der Waals surface area contributed by atoms with E-state index in [0.717, 1.165) is 29.9 Å². The van der Waals surface area contributed by atoms with E-state index in [1.807, 2.05) is 0 Å². The SMILES string of the molecule is CC(C)NCc1cccc(Br)c1OCCN1CCCCC1. The maximum atomic E-state index is 6.07. The van der Waals surface area contributed by atoms with Crippen molar-refractivity contribution in [3.05, 3.63) is 28.2 Å². The first-order chi connectivity index (χ1) is 10.2. The molecule has 1 N–H and O–H groups in total. The van der Waals surface area contributed by atoms with E-state index < -0.39 is 0 Å². The number of benzene rings is 1. The molecule has 21 heavy (non-hydrogen) atoms. The van der Waals surface area contributed by atoms with Gasteiger partial charge in [-0.2, -0.15) is 0 Å². The zero-order valence-electron chi connectivity index (χ0n) is 13.2. The van der Waals surface area contributed by atoms with E-state index in [2.05, 4.69) is 58.2 Å². The first-order valence-electron chi connectivity index (χ1n) is 8.02. The number of hydrogen-bond donors (Lipinski definition) is 1. The molecule has 1 fully saturated rings. The Labute approximate surface area is 137 Å². The van der Waals surface area contributed by atoms with Gasteiger partial charge in [-0.3, -0.25) is 4.90 Å². The minimum absolute atomic E-state index is 0.477. The summed E-state index contributed by atoms with van der Waals surface area (Å²) in [5.74, 6) is 0.989. The number of likely N-dealkylation sites (tertiary alicyclic amines) is 1. The topological polar surface area (TPSA) is 24.5 Å². The van der Waals surface area contributed by atoms with Crippen LogP contribution in [-0.4, -0.2) is 37.2 Å². The number of rotatable bonds is 7. The van der Waals surface area contributed by atoms with Gasteiger partial charge in [-0.25, -0.2) is 0 Å². The molecular formula is C17H27BrN2O. The van der Waals surface area contributed by atoms with E-state index in [0.29, 0.717) is 6.04 Å². The molecule has 0 saturated carbocycles. The van der Waals surface area contributed by atoms with Gasteiger partial charge in [-0.1, -0.05) is 32.4 Å². The Bertz CT molecular complexity index is 431. The predicted octanol–water partition coefficient (Wildman–Crippen LogP) is 3.81. The van der Waals surface area contributed by atoms with Crippen molar-refractivity contribution >= 4 is 15.9 Å². The summed E-state index contributed by atoms with van der Waals surface area (Å²) in [5, 5.41) is 3.46. The van der Waals surface area contributed by atoms with Crippen LogP contribution in [0, 0.1) is 0 Å². The van der Waals surface area contributed by atoms with Gasteiger partial charge in [0.25, 0.3) is 0 Å². The van der Waals surface area contributed by atoms with E-state index in [1.165, 1.54) is 37.9 Å². The fourth-order valence-electron chi connectivity index (χ4n) is 2.63. The highest BCUT2D eigenvalue weighted by molar-refractivity contribution is 9.10. The van der Waals surface area contributed by atoms with Crippen molar-refractivity contribution in [1.82, 2.24) is 10.2 Å². The highest BCUT2D eigenvalue weighted by Gasteiger charge is 2.12. The van der Waals surface area contributed by atoms with Gasteiger partial charge in [0.15, 0.2) is 0 Å². The molecule has 0 aromatic heterocycles. The first-order valence-corrected chi connectivity index (χ1v) is 8.82. The zero-order chi connectivity index (χ0) is 15.1. The third-order valence-electron chi connectivity index (χ3n) is 3.85. The molecule has 0 spiro atoms. The maximum Gasteiger partial charge on any atom is 0.138 e. The maximum absolute atomic E-state index is 6.07. The zero-order valence-corrected chi connectivity index (χ0v) is 14.8. The number of nitrogens with one attached hydrogen (secondary N) is 1. The van der Waals surface area contributed by atoms with E-state index >= 15 is 0 Å². The molecule has 0 aliphatic carbocycles. The molecule has 1 saturated heterocycles. The smallest absolute Gasteiger partial charge is 0.138 e. The average Bonchev–Trinajstić information content (AvgIpc) is 2.48. The lowest BCUT2D eigenvalue weighted by atomic mass is 10.1. The monoisotopic (exact) mass is 354 g/mol. The fourth-order valence-corrected chi connectivity index (χ4v) is 3.15. The Balaban J connectivity index is 1.88. The normalized spacial score (nSPS) is 16.4. The summed E-state index contributed by atoms with van der Waals surface area (Å²) in [6, 6.07) is 6.73. The average molecular weight is 355 g/mol. The second-order valence-corrected chi connectivity index (χ2v) is 6.87. The van der Waals surface area contributed by atoms with Crippen molar-refractivity contribution in [2.75, 3.05) is 26.2 Å². The molecule has 1 aromatic rings. The van der Waals surface area contributed by atoms with Crippen molar-refractivity contribution in [1.29, 1.82) is 0 Å². The Morgan fingerprint density at radius 1 is 1.24 bits per heavy atom. The quantitative estimate of drug-likeness (QED) is 0.805. The van der Waals surface area contributed by atoms with Gasteiger partial charge in [-0.15, -0.1) is 0 Å². The Hall–Kier alpha value is -0.580. The second-order valence-electron chi connectivity index (χ2n) is 6.01. The van der Waals surface area contributed by atoms with Crippen molar-refractivity contribution < 1.29 is 4.74 Å². The molecule has 1 aliphatic heterocycles. The Kier molecular flexibility index (Phi) is 7.00. The van der Waals surface area contributed by atoms with Crippen LogP contribution in [0.4, 0.5) is 0 Å². The molecule has 3 nitrogen and oxygen atoms in total. The molecule has 0 radical (unpaired) electrons. The molecule has 2 rings (SSSR count). The van der Waals surface area contributed by atoms with Crippen LogP contribution in [0.2, 0.25) is 0 Å². The minimum atomic E-state index is 0.477. The van der Waals surface area contributed by atoms with Gasteiger partial charge in [-0.05, 0) is 47.9 Å². The highest BCUT2D eigenvalue weighted by atomic mass is 79.9. The molecule has 4 heteroatoms. The van der Waals surface area contributed by atoms with Crippen LogP contribution in [0.1, 0.15) is 38.7 Å². The third kappa shape index (κ3) is 5.61. The molecule has 0 bridgehead atoms. The first kappa shape index (κ1) is 16.8. The van der Waals surface area contributed by atoms with Crippen molar-refractivity contribution in [3.8, 4) is 5.75 Å². The molecule has 0 amide bonds. The Morgan fingerprint density at radius 3 is 2.71 bits per heavy atom. The number of nitrogens with zero attached hydrogens (tertiary/aromatic N) is 1. The fraction of sp³-hybridized carbons (Fsp3) is 0.647. The van der Waals surface area contributed by atoms with Gasteiger partial charge >= 0.3 is 0 Å². The molecule has 0 atom stereocenters. The number of halogens is 1. The Morgan fingerprint density at radius 2 is 2.00 bits per heavy atom. The van der Waals surface area contributed by atoms with E-state index in [4.69, 9.17) is 4.74 Å². The lowest BCUT2D eigenvalue weighted by Crippen LogP contribution is -2.33. The number of piperidine rings is 1. The van der Waals surface area contributed by atoms with E-state index in [-0.39, 0.29) is 0 Å². The summed E-state index contributed by atoms with van der Waals surface area (Å²) in [5.41, 5.74) is 1.22. The summed E-state index contributed by atoms with van der Waals surface area (Å²) in [6.07, 6.45) is 4.05. The summed E-state index contributed by atoms with van der Waals surface area (Å²) < 4.78 is 7.12. The molecule has 1 heterocycles. The van der Waals surface area contributed by atoms with Gasteiger partial charge in [0.2, 0.25) is 0 Å². The molecule has 118 valence electrons. The van der Waals surface area contributed by atoms with Gasteiger partial charge in [0, 0.05) is 24.7 Å². The van der Waals surface area contributed by atoms with Crippen LogP contribution in [0.3, 0.4) is 0 Å². The standard InChI is InChI=1S/C17H27BrN2O/c1-14(2)19-13-15-7-6-8-16(18)17(15)21-12-11-20-9-4-3-5-10-20/h6-8,14,19H,3-5,9-13H2,1-2H3.